The van der Waals surface area contributed by atoms with Gasteiger partial charge in [-0.25, -0.2) is 0 Å². The minimum absolute atomic E-state index is 0.493. The van der Waals surface area contributed by atoms with E-state index in [9.17, 15) is 0 Å². The maximum absolute atomic E-state index is 6.07. The molecule has 1 nitrogen and oxygen atoms in total. The molecule has 2 aromatic rings. The van der Waals surface area contributed by atoms with E-state index in [4.69, 9.17) is 5.73 Å². The lowest BCUT2D eigenvalue weighted by molar-refractivity contribution is 0.866. The second kappa shape index (κ2) is 5.09. The zero-order valence-electron chi connectivity index (χ0n) is 11.0. The third kappa shape index (κ3) is 2.45. The Labute approximate surface area is 109 Å². The Hall–Kier alpha value is -2.02. The Morgan fingerprint density at radius 1 is 1.06 bits per heavy atom. The Balaban J connectivity index is 2.45. The van der Waals surface area contributed by atoms with Crippen molar-refractivity contribution in [3.8, 4) is 0 Å². The van der Waals surface area contributed by atoms with E-state index >= 15 is 0 Å². The molecule has 0 spiro atoms. The number of rotatable bonds is 3. The molecule has 0 radical (unpaired) electrons. The largest absolute Gasteiger partial charge is 0.398 e. The van der Waals surface area contributed by atoms with Gasteiger partial charge in [0.1, 0.15) is 0 Å². The summed E-state index contributed by atoms with van der Waals surface area (Å²) in [7, 11) is 0. The van der Waals surface area contributed by atoms with E-state index in [1.54, 1.807) is 0 Å². The number of benzene rings is 2. The van der Waals surface area contributed by atoms with Gasteiger partial charge in [-0.05, 0) is 34.8 Å². The van der Waals surface area contributed by atoms with Gasteiger partial charge in [-0.3, -0.25) is 0 Å². The van der Waals surface area contributed by atoms with Gasteiger partial charge in [0.25, 0.3) is 0 Å². The fourth-order valence-corrected chi connectivity index (χ4v) is 1.99. The first-order valence-corrected chi connectivity index (χ1v) is 6.23. The van der Waals surface area contributed by atoms with Gasteiger partial charge in [0, 0.05) is 11.3 Å². The molecular formula is C17H19N. The van der Waals surface area contributed by atoms with Gasteiger partial charge in [-0.15, -0.1) is 0 Å². The van der Waals surface area contributed by atoms with Crippen LogP contribution in [0.25, 0.3) is 5.57 Å². The fraction of sp³-hybridized carbons (Fsp3) is 0.176. The van der Waals surface area contributed by atoms with Crippen LogP contribution in [0, 0.1) is 0 Å². The molecule has 2 rings (SSSR count). The van der Waals surface area contributed by atoms with Crippen LogP contribution in [0.5, 0.6) is 0 Å². The molecule has 92 valence electrons. The van der Waals surface area contributed by atoms with Gasteiger partial charge in [0.05, 0.1) is 0 Å². The summed E-state index contributed by atoms with van der Waals surface area (Å²) in [5.74, 6) is 0.493. The zero-order chi connectivity index (χ0) is 13.1. The van der Waals surface area contributed by atoms with Crippen molar-refractivity contribution in [2.75, 3.05) is 5.73 Å². The molecule has 0 bridgehead atoms. The number of hydrogen-bond acceptors (Lipinski definition) is 1. The Bertz CT molecular complexity index is 553. The monoisotopic (exact) mass is 237 g/mol. The average Bonchev–Trinajstić information content (AvgIpc) is 2.39. The first-order valence-electron chi connectivity index (χ1n) is 6.23. The Kier molecular flexibility index (Phi) is 3.52. The second-order valence-corrected chi connectivity index (χ2v) is 4.85. The average molecular weight is 237 g/mol. The standard InChI is InChI=1S/C17H19N/c1-12(2)15-9-10-17(18)16(11-15)13(3)14-7-5-4-6-8-14/h4-12H,3,18H2,1-2H3. The molecule has 0 saturated heterocycles. The van der Waals surface area contributed by atoms with Crippen molar-refractivity contribution in [1.82, 2.24) is 0 Å². The number of nitrogens with two attached hydrogens (primary N) is 1. The summed E-state index contributed by atoms with van der Waals surface area (Å²) in [6, 6.07) is 16.4. The molecule has 0 aliphatic heterocycles. The van der Waals surface area contributed by atoms with E-state index in [1.165, 1.54) is 5.56 Å². The van der Waals surface area contributed by atoms with Gasteiger partial charge in [-0.1, -0.05) is 56.8 Å². The molecule has 0 saturated carbocycles. The van der Waals surface area contributed by atoms with Crippen LogP contribution in [-0.4, -0.2) is 0 Å². The van der Waals surface area contributed by atoms with Crippen molar-refractivity contribution in [2.45, 2.75) is 19.8 Å². The summed E-state index contributed by atoms with van der Waals surface area (Å²) >= 11 is 0. The van der Waals surface area contributed by atoms with Crippen molar-refractivity contribution in [1.29, 1.82) is 0 Å². The molecule has 0 aliphatic rings. The van der Waals surface area contributed by atoms with Gasteiger partial charge in [-0.2, -0.15) is 0 Å². The molecule has 0 unspecified atom stereocenters. The highest BCUT2D eigenvalue weighted by Crippen LogP contribution is 2.29. The van der Waals surface area contributed by atoms with E-state index in [0.29, 0.717) is 5.92 Å². The third-order valence-electron chi connectivity index (χ3n) is 3.19. The summed E-state index contributed by atoms with van der Waals surface area (Å²) in [5.41, 5.74) is 11.3. The van der Waals surface area contributed by atoms with E-state index in [2.05, 4.69) is 44.7 Å². The van der Waals surface area contributed by atoms with Crippen molar-refractivity contribution < 1.29 is 0 Å². The normalized spacial score (nSPS) is 10.6. The van der Waals surface area contributed by atoms with E-state index in [0.717, 1.165) is 22.4 Å². The van der Waals surface area contributed by atoms with Crippen LogP contribution in [0.2, 0.25) is 0 Å². The molecule has 0 aromatic heterocycles. The third-order valence-corrected chi connectivity index (χ3v) is 3.19. The van der Waals surface area contributed by atoms with E-state index in [1.807, 2.05) is 24.3 Å². The van der Waals surface area contributed by atoms with E-state index in [-0.39, 0.29) is 0 Å². The highest BCUT2D eigenvalue weighted by atomic mass is 14.6. The molecule has 0 heterocycles. The SMILES string of the molecule is C=C(c1ccccc1)c1cc(C(C)C)ccc1N. The number of anilines is 1. The van der Waals surface area contributed by atoms with Crippen molar-refractivity contribution in [3.05, 3.63) is 71.8 Å². The quantitative estimate of drug-likeness (QED) is 0.784. The molecule has 0 aliphatic carbocycles. The molecule has 1 heteroatoms. The zero-order valence-corrected chi connectivity index (χ0v) is 11.0. The molecule has 2 N–H and O–H groups in total. The number of hydrogen-bond donors (Lipinski definition) is 1. The van der Waals surface area contributed by atoms with Crippen LogP contribution in [0.4, 0.5) is 5.69 Å². The predicted molar refractivity (Wildman–Crippen MR) is 79.5 cm³/mol. The molecule has 2 aromatic carbocycles. The smallest absolute Gasteiger partial charge is 0.0393 e. The fourth-order valence-electron chi connectivity index (χ4n) is 1.99. The maximum atomic E-state index is 6.07. The van der Waals surface area contributed by atoms with Crippen LogP contribution in [0.15, 0.2) is 55.1 Å². The summed E-state index contributed by atoms with van der Waals surface area (Å²) in [4.78, 5) is 0. The van der Waals surface area contributed by atoms with Crippen LogP contribution in [-0.2, 0) is 0 Å². The van der Waals surface area contributed by atoms with Crippen LogP contribution < -0.4 is 5.73 Å². The van der Waals surface area contributed by atoms with Gasteiger partial charge >= 0.3 is 0 Å². The van der Waals surface area contributed by atoms with Crippen LogP contribution in [0.3, 0.4) is 0 Å². The van der Waals surface area contributed by atoms with Gasteiger partial charge < -0.3 is 5.73 Å². The van der Waals surface area contributed by atoms with Crippen molar-refractivity contribution in [2.24, 2.45) is 0 Å². The first kappa shape index (κ1) is 12.4. The number of nitrogen functional groups attached to an aromatic ring is 1. The Morgan fingerprint density at radius 3 is 2.33 bits per heavy atom. The van der Waals surface area contributed by atoms with Crippen molar-refractivity contribution >= 4 is 11.3 Å². The summed E-state index contributed by atoms with van der Waals surface area (Å²) < 4.78 is 0. The maximum Gasteiger partial charge on any atom is 0.0393 e. The van der Waals surface area contributed by atoms with Crippen molar-refractivity contribution in [3.63, 3.8) is 0 Å². The molecular weight excluding hydrogens is 218 g/mol. The molecule has 18 heavy (non-hydrogen) atoms. The van der Waals surface area contributed by atoms with Gasteiger partial charge in [0.15, 0.2) is 0 Å². The van der Waals surface area contributed by atoms with Crippen LogP contribution >= 0.6 is 0 Å². The predicted octanol–water partition coefficient (Wildman–Crippen LogP) is 4.45. The summed E-state index contributed by atoms with van der Waals surface area (Å²) in [5, 5.41) is 0. The van der Waals surface area contributed by atoms with Crippen LogP contribution in [0.1, 0.15) is 36.5 Å². The highest BCUT2D eigenvalue weighted by molar-refractivity contribution is 5.84. The Morgan fingerprint density at radius 2 is 1.72 bits per heavy atom. The first-order chi connectivity index (χ1) is 8.59. The molecule has 0 fully saturated rings. The molecule has 0 atom stereocenters. The topological polar surface area (TPSA) is 26.0 Å². The minimum Gasteiger partial charge on any atom is -0.398 e. The minimum atomic E-state index is 0.493. The summed E-state index contributed by atoms with van der Waals surface area (Å²) in [6.07, 6.45) is 0. The lowest BCUT2D eigenvalue weighted by atomic mass is 9.93. The summed E-state index contributed by atoms with van der Waals surface area (Å²) in [6.45, 7) is 8.54. The van der Waals surface area contributed by atoms with Gasteiger partial charge in [0.2, 0.25) is 0 Å². The lowest BCUT2D eigenvalue weighted by Gasteiger charge is -2.13. The molecule has 0 amide bonds. The lowest BCUT2D eigenvalue weighted by Crippen LogP contribution is -1.97. The van der Waals surface area contributed by atoms with E-state index < -0.39 is 0 Å². The second-order valence-electron chi connectivity index (χ2n) is 4.85. The highest BCUT2D eigenvalue weighted by Gasteiger charge is 2.08.